The lowest BCUT2D eigenvalue weighted by molar-refractivity contribution is 0.157. The summed E-state index contributed by atoms with van der Waals surface area (Å²) in [4.78, 5) is 11.4. The summed E-state index contributed by atoms with van der Waals surface area (Å²) in [5.74, 6) is 2.80. The van der Waals surface area contributed by atoms with Crippen LogP contribution in [0.25, 0.3) is 10.9 Å². The number of piperidine rings is 1. The second-order valence-electron chi connectivity index (χ2n) is 8.34. The highest BCUT2D eigenvalue weighted by Crippen LogP contribution is 2.36. The van der Waals surface area contributed by atoms with Gasteiger partial charge in [0.1, 0.15) is 12.1 Å². The van der Waals surface area contributed by atoms with Crippen molar-refractivity contribution >= 4 is 35.6 Å². The van der Waals surface area contributed by atoms with E-state index in [-0.39, 0.29) is 7.92 Å². The molecule has 0 aliphatic carbocycles. The van der Waals surface area contributed by atoms with Gasteiger partial charge in [0.25, 0.3) is 0 Å². The smallest absolute Gasteiger partial charge is 0.163 e. The highest BCUT2D eigenvalue weighted by molar-refractivity contribution is 7.64. The van der Waals surface area contributed by atoms with Crippen molar-refractivity contribution in [2.45, 2.75) is 12.8 Å². The van der Waals surface area contributed by atoms with Crippen LogP contribution in [-0.4, -0.2) is 62.1 Å². The Kier molecular flexibility index (Phi) is 6.89. The average molecular weight is 439 g/mol. The predicted molar refractivity (Wildman–Crippen MR) is 130 cm³/mol. The number of anilines is 2. The molecule has 0 bridgehead atoms. The molecule has 1 N–H and O–H groups in total. The van der Waals surface area contributed by atoms with Gasteiger partial charge in [0, 0.05) is 17.1 Å². The first kappa shape index (κ1) is 21.8. The first-order valence-corrected chi connectivity index (χ1v) is 13.0. The van der Waals surface area contributed by atoms with Crippen molar-refractivity contribution in [3.63, 3.8) is 0 Å². The van der Waals surface area contributed by atoms with Gasteiger partial charge in [0.05, 0.1) is 19.2 Å². The summed E-state index contributed by atoms with van der Waals surface area (Å²) in [5, 5.41) is 5.75. The van der Waals surface area contributed by atoms with Gasteiger partial charge in [-0.05, 0) is 69.7 Å². The maximum absolute atomic E-state index is 6.20. The predicted octanol–water partition coefficient (Wildman–Crippen LogP) is 4.47. The van der Waals surface area contributed by atoms with Crippen molar-refractivity contribution in [3.05, 3.63) is 42.7 Å². The Hall–Kier alpha value is -2.43. The summed E-state index contributed by atoms with van der Waals surface area (Å²) in [6.45, 7) is 7.47. The Bertz CT molecular complexity index is 1040. The lowest BCUT2D eigenvalue weighted by Gasteiger charge is -2.28. The molecule has 4 rings (SSSR count). The van der Waals surface area contributed by atoms with Crippen LogP contribution < -0.4 is 20.1 Å². The summed E-state index contributed by atoms with van der Waals surface area (Å²) in [7, 11) is 3.62. The summed E-state index contributed by atoms with van der Waals surface area (Å²) in [6.07, 6.45) is 3.93. The van der Waals surface area contributed by atoms with Crippen LogP contribution in [0.1, 0.15) is 12.8 Å². The zero-order valence-corrected chi connectivity index (χ0v) is 19.7. The molecule has 1 saturated heterocycles. The molecule has 0 spiro atoms. The fraction of sp³-hybridized carbons (Fsp3) is 0.417. The Balaban J connectivity index is 1.60. The largest absolute Gasteiger partial charge is 0.493 e. The number of fused-ring (bicyclic) bond motifs is 1. The Morgan fingerprint density at radius 1 is 1.10 bits per heavy atom. The van der Waals surface area contributed by atoms with Crippen LogP contribution in [0.5, 0.6) is 11.5 Å². The summed E-state index contributed by atoms with van der Waals surface area (Å²) in [6, 6.07) is 12.3. The zero-order chi connectivity index (χ0) is 21.8. The van der Waals surface area contributed by atoms with Crippen LogP contribution >= 0.6 is 7.92 Å². The normalized spacial score (nSPS) is 15.4. The van der Waals surface area contributed by atoms with Crippen LogP contribution in [0.4, 0.5) is 11.5 Å². The van der Waals surface area contributed by atoms with Gasteiger partial charge >= 0.3 is 0 Å². The molecule has 1 aromatic heterocycles. The molecule has 7 heteroatoms. The Morgan fingerprint density at radius 2 is 1.87 bits per heavy atom. The third-order valence-electron chi connectivity index (χ3n) is 5.87. The number of nitrogens with one attached hydrogen (secondary N) is 1. The second-order valence-corrected chi connectivity index (χ2v) is 10.6. The van der Waals surface area contributed by atoms with Crippen molar-refractivity contribution in [1.29, 1.82) is 0 Å². The summed E-state index contributed by atoms with van der Waals surface area (Å²) >= 11 is 0. The van der Waals surface area contributed by atoms with Gasteiger partial charge in [-0.2, -0.15) is 0 Å². The number of hydrogen-bond acceptors (Lipinski definition) is 6. The summed E-state index contributed by atoms with van der Waals surface area (Å²) < 4.78 is 11.9. The lowest BCUT2D eigenvalue weighted by atomic mass is 9.98. The van der Waals surface area contributed by atoms with Crippen molar-refractivity contribution in [3.8, 4) is 11.5 Å². The molecular weight excluding hydrogens is 407 g/mol. The van der Waals surface area contributed by atoms with Crippen molar-refractivity contribution in [1.82, 2.24) is 14.9 Å². The number of aromatic nitrogens is 2. The molecule has 1 aliphatic heterocycles. The minimum Gasteiger partial charge on any atom is -0.493 e. The minimum atomic E-state index is -0.238. The first-order valence-electron chi connectivity index (χ1n) is 10.7. The van der Waals surface area contributed by atoms with E-state index in [0.717, 1.165) is 41.2 Å². The third-order valence-corrected chi connectivity index (χ3v) is 7.23. The SMILES string of the molecule is COc1cc2c(Nc3ccccc3P(C)C)ncnc2cc1OCC1CCN(C)CC1. The van der Waals surface area contributed by atoms with E-state index in [1.807, 2.05) is 18.2 Å². The lowest BCUT2D eigenvalue weighted by Crippen LogP contribution is -2.32. The molecule has 0 radical (unpaired) electrons. The highest BCUT2D eigenvalue weighted by atomic mass is 31.1. The minimum absolute atomic E-state index is 0.238. The van der Waals surface area contributed by atoms with Gasteiger partial charge in [-0.15, -0.1) is 0 Å². The third kappa shape index (κ3) is 5.08. The van der Waals surface area contributed by atoms with Crippen molar-refractivity contribution in [2.24, 2.45) is 5.92 Å². The molecule has 1 aliphatic rings. The number of para-hydroxylation sites is 1. The van der Waals surface area contributed by atoms with E-state index >= 15 is 0 Å². The second kappa shape index (κ2) is 9.80. The van der Waals surface area contributed by atoms with Crippen LogP contribution in [0.3, 0.4) is 0 Å². The van der Waals surface area contributed by atoms with Crippen LogP contribution in [-0.2, 0) is 0 Å². The number of nitrogens with zero attached hydrogens (tertiary/aromatic N) is 3. The van der Waals surface area contributed by atoms with E-state index < -0.39 is 0 Å². The first-order chi connectivity index (χ1) is 15.0. The van der Waals surface area contributed by atoms with Gasteiger partial charge < -0.3 is 19.7 Å². The van der Waals surface area contributed by atoms with Gasteiger partial charge in [0.15, 0.2) is 11.5 Å². The number of rotatable bonds is 7. The molecule has 0 atom stereocenters. The molecule has 2 heterocycles. The maximum Gasteiger partial charge on any atom is 0.163 e. The number of methoxy groups -OCH3 is 1. The van der Waals surface area contributed by atoms with E-state index in [0.29, 0.717) is 18.3 Å². The van der Waals surface area contributed by atoms with Crippen LogP contribution in [0.15, 0.2) is 42.7 Å². The quantitative estimate of drug-likeness (QED) is 0.550. The molecule has 0 unspecified atom stereocenters. The topological polar surface area (TPSA) is 59.5 Å². The Morgan fingerprint density at radius 3 is 2.61 bits per heavy atom. The van der Waals surface area contributed by atoms with E-state index in [9.17, 15) is 0 Å². The molecular formula is C24H31N4O2P. The number of ether oxygens (including phenoxy) is 2. The van der Waals surface area contributed by atoms with Gasteiger partial charge in [-0.25, -0.2) is 9.97 Å². The van der Waals surface area contributed by atoms with Gasteiger partial charge in [-0.3, -0.25) is 0 Å². The van der Waals surface area contributed by atoms with Gasteiger partial charge in [-0.1, -0.05) is 26.1 Å². The molecule has 6 nitrogen and oxygen atoms in total. The number of likely N-dealkylation sites (tertiary alicyclic amines) is 1. The molecule has 1 fully saturated rings. The fourth-order valence-electron chi connectivity index (χ4n) is 3.97. The highest BCUT2D eigenvalue weighted by Gasteiger charge is 2.19. The molecule has 0 saturated carbocycles. The molecule has 164 valence electrons. The maximum atomic E-state index is 6.20. The zero-order valence-electron chi connectivity index (χ0n) is 18.8. The molecule has 31 heavy (non-hydrogen) atoms. The molecule has 0 amide bonds. The van der Waals surface area contributed by atoms with Crippen molar-refractivity contribution < 1.29 is 9.47 Å². The molecule has 2 aromatic carbocycles. The van der Waals surface area contributed by atoms with E-state index in [4.69, 9.17) is 9.47 Å². The monoisotopic (exact) mass is 438 g/mol. The summed E-state index contributed by atoms with van der Waals surface area (Å²) in [5.41, 5.74) is 1.92. The van der Waals surface area contributed by atoms with Crippen molar-refractivity contribution in [2.75, 3.05) is 52.5 Å². The van der Waals surface area contributed by atoms with Crippen LogP contribution in [0.2, 0.25) is 0 Å². The van der Waals surface area contributed by atoms with E-state index in [1.54, 1.807) is 13.4 Å². The average Bonchev–Trinajstić information content (AvgIpc) is 2.78. The standard InChI is InChI=1S/C24H31N4O2P/c1-28-11-9-17(10-12-28)15-30-22-14-20-18(13-21(22)29-2)24(26-16-25-20)27-19-7-5-6-8-23(19)31(3)4/h5-8,13-14,16-17H,9-12,15H2,1-4H3,(H,25,26,27). The number of benzene rings is 2. The van der Waals surface area contributed by atoms with Gasteiger partial charge in [0.2, 0.25) is 0 Å². The van der Waals surface area contributed by atoms with Crippen LogP contribution in [0, 0.1) is 5.92 Å². The number of hydrogen-bond donors (Lipinski definition) is 1. The molecule has 3 aromatic rings. The fourth-order valence-corrected chi connectivity index (χ4v) is 4.97. The Labute approximate surface area is 185 Å². The van der Waals surface area contributed by atoms with E-state index in [2.05, 4.69) is 58.8 Å². The van der Waals surface area contributed by atoms with E-state index in [1.165, 1.54) is 18.1 Å².